The van der Waals surface area contributed by atoms with E-state index in [1.807, 2.05) is 24.3 Å². The molecule has 2 aromatic heterocycles. The lowest BCUT2D eigenvalue weighted by molar-refractivity contribution is 0.388. The maximum atomic E-state index is 5.02. The summed E-state index contributed by atoms with van der Waals surface area (Å²) in [4.78, 5) is 0. The number of hydrogen-bond donors (Lipinski definition) is 1. The van der Waals surface area contributed by atoms with Crippen LogP contribution in [-0.2, 0) is 6.54 Å². The van der Waals surface area contributed by atoms with Crippen LogP contribution in [0, 0.1) is 0 Å². The number of fused-ring (bicyclic) bond motifs is 1. The van der Waals surface area contributed by atoms with Crippen molar-refractivity contribution in [2.24, 2.45) is 0 Å². The van der Waals surface area contributed by atoms with Gasteiger partial charge in [0, 0.05) is 11.5 Å². The quantitative estimate of drug-likeness (QED) is 0.753. The molecule has 1 N–H and O–H groups in total. The van der Waals surface area contributed by atoms with Crippen molar-refractivity contribution in [1.82, 2.24) is 9.53 Å². The summed E-state index contributed by atoms with van der Waals surface area (Å²) in [5.74, 6) is 0.817. The first-order valence-electron chi connectivity index (χ1n) is 4.91. The first-order chi connectivity index (χ1) is 7.93. The van der Waals surface area contributed by atoms with Gasteiger partial charge in [-0.1, -0.05) is 17.3 Å². The van der Waals surface area contributed by atoms with Crippen LogP contribution in [0.3, 0.4) is 0 Å². The van der Waals surface area contributed by atoms with Crippen molar-refractivity contribution in [2.45, 2.75) is 6.54 Å². The van der Waals surface area contributed by atoms with Crippen LogP contribution in [0.1, 0.15) is 5.76 Å². The fourth-order valence-corrected chi connectivity index (χ4v) is 2.27. The Balaban J connectivity index is 1.84. The Bertz CT molecular complexity index is 588. The van der Waals surface area contributed by atoms with Gasteiger partial charge in [0.2, 0.25) is 0 Å². The third-order valence-electron chi connectivity index (χ3n) is 2.30. The van der Waals surface area contributed by atoms with Gasteiger partial charge in [0.1, 0.15) is 5.00 Å². The van der Waals surface area contributed by atoms with Gasteiger partial charge < -0.3 is 9.84 Å². The molecule has 0 aliphatic carbocycles. The molecule has 16 heavy (non-hydrogen) atoms. The number of anilines is 1. The zero-order valence-corrected chi connectivity index (χ0v) is 9.20. The van der Waals surface area contributed by atoms with Gasteiger partial charge in [0.25, 0.3) is 0 Å². The number of benzene rings is 1. The van der Waals surface area contributed by atoms with E-state index in [4.69, 9.17) is 4.52 Å². The SMILES string of the molecule is c1ccc2c(NCc3ccno3)snc2c1. The molecular formula is C11H9N3OS. The molecule has 0 amide bonds. The van der Waals surface area contributed by atoms with Crippen molar-refractivity contribution in [3.05, 3.63) is 42.3 Å². The van der Waals surface area contributed by atoms with Crippen LogP contribution >= 0.6 is 11.5 Å². The van der Waals surface area contributed by atoms with Gasteiger partial charge in [0.05, 0.1) is 18.3 Å². The van der Waals surface area contributed by atoms with Crippen molar-refractivity contribution in [3.63, 3.8) is 0 Å². The minimum absolute atomic E-state index is 0.631. The molecule has 0 aliphatic heterocycles. The summed E-state index contributed by atoms with van der Waals surface area (Å²) in [6.07, 6.45) is 1.64. The lowest BCUT2D eigenvalue weighted by Gasteiger charge is -1.99. The number of hydrogen-bond acceptors (Lipinski definition) is 5. The standard InChI is InChI=1S/C11H9N3OS/c1-2-4-10-9(3-1)11(16-14-10)12-7-8-5-6-13-15-8/h1-6,12H,7H2. The smallest absolute Gasteiger partial charge is 0.155 e. The third-order valence-corrected chi connectivity index (χ3v) is 3.13. The van der Waals surface area contributed by atoms with E-state index in [9.17, 15) is 0 Å². The van der Waals surface area contributed by atoms with E-state index in [1.165, 1.54) is 11.5 Å². The molecule has 80 valence electrons. The molecule has 0 aliphatic rings. The Morgan fingerprint density at radius 2 is 2.19 bits per heavy atom. The summed E-state index contributed by atoms with van der Waals surface area (Å²) in [5.41, 5.74) is 1.02. The van der Waals surface area contributed by atoms with Crippen molar-refractivity contribution < 1.29 is 4.52 Å². The van der Waals surface area contributed by atoms with Gasteiger partial charge in [-0.3, -0.25) is 0 Å². The molecule has 0 bridgehead atoms. The van der Waals surface area contributed by atoms with Crippen LogP contribution in [0.15, 0.2) is 41.1 Å². The highest BCUT2D eigenvalue weighted by atomic mass is 32.1. The second-order valence-corrected chi connectivity index (χ2v) is 4.13. The monoisotopic (exact) mass is 231 g/mol. The van der Waals surface area contributed by atoms with Gasteiger partial charge in [-0.2, -0.15) is 4.37 Å². The summed E-state index contributed by atoms with van der Waals surface area (Å²) < 4.78 is 9.37. The normalized spacial score (nSPS) is 10.8. The Kier molecular flexibility index (Phi) is 2.30. The van der Waals surface area contributed by atoms with Crippen LogP contribution < -0.4 is 5.32 Å². The summed E-state index contributed by atoms with van der Waals surface area (Å²) in [5, 5.41) is 9.16. The topological polar surface area (TPSA) is 51.0 Å². The molecule has 0 unspecified atom stereocenters. The van der Waals surface area contributed by atoms with Crippen LogP contribution in [0.4, 0.5) is 5.00 Å². The van der Waals surface area contributed by atoms with E-state index in [1.54, 1.807) is 6.20 Å². The number of rotatable bonds is 3. The molecule has 0 radical (unpaired) electrons. The average Bonchev–Trinajstić information content (AvgIpc) is 2.96. The van der Waals surface area contributed by atoms with Gasteiger partial charge in [-0.05, 0) is 23.7 Å². The zero-order valence-electron chi connectivity index (χ0n) is 8.38. The summed E-state index contributed by atoms with van der Waals surface area (Å²) in [6, 6.07) is 9.90. The van der Waals surface area contributed by atoms with E-state index >= 15 is 0 Å². The van der Waals surface area contributed by atoms with E-state index in [0.717, 1.165) is 21.7 Å². The average molecular weight is 231 g/mol. The first kappa shape index (κ1) is 9.35. The minimum atomic E-state index is 0.631. The fraction of sp³-hybridized carbons (Fsp3) is 0.0909. The Labute approximate surface area is 96.1 Å². The predicted molar refractivity (Wildman–Crippen MR) is 63.4 cm³/mol. The highest BCUT2D eigenvalue weighted by Crippen LogP contribution is 2.27. The molecule has 3 rings (SSSR count). The van der Waals surface area contributed by atoms with Gasteiger partial charge >= 0.3 is 0 Å². The second-order valence-electron chi connectivity index (χ2n) is 3.36. The molecule has 0 spiro atoms. The fourth-order valence-electron chi connectivity index (χ4n) is 1.52. The first-order valence-corrected chi connectivity index (χ1v) is 5.69. The molecular weight excluding hydrogens is 222 g/mol. The number of nitrogens with one attached hydrogen (secondary N) is 1. The van der Waals surface area contributed by atoms with E-state index in [2.05, 4.69) is 20.9 Å². The van der Waals surface area contributed by atoms with Gasteiger partial charge in [-0.15, -0.1) is 0 Å². The van der Waals surface area contributed by atoms with Crippen molar-refractivity contribution in [3.8, 4) is 0 Å². The van der Waals surface area contributed by atoms with Crippen molar-refractivity contribution in [2.75, 3.05) is 5.32 Å². The van der Waals surface area contributed by atoms with Crippen molar-refractivity contribution >= 4 is 27.4 Å². The largest absolute Gasteiger partial charge is 0.368 e. The van der Waals surface area contributed by atoms with E-state index in [-0.39, 0.29) is 0 Å². The summed E-state index contributed by atoms with van der Waals surface area (Å²) in [6.45, 7) is 0.631. The Morgan fingerprint density at radius 3 is 3.06 bits per heavy atom. The minimum Gasteiger partial charge on any atom is -0.368 e. The Hall–Kier alpha value is -1.88. The lowest BCUT2D eigenvalue weighted by Crippen LogP contribution is -1.95. The molecule has 0 fully saturated rings. The summed E-state index contributed by atoms with van der Waals surface area (Å²) >= 11 is 1.46. The second kappa shape index (κ2) is 3.94. The third kappa shape index (κ3) is 1.65. The zero-order chi connectivity index (χ0) is 10.8. The van der Waals surface area contributed by atoms with E-state index < -0.39 is 0 Å². The molecule has 0 saturated heterocycles. The molecule has 0 atom stereocenters. The summed E-state index contributed by atoms with van der Waals surface area (Å²) in [7, 11) is 0. The predicted octanol–water partition coefficient (Wildman–Crippen LogP) is 2.90. The van der Waals surface area contributed by atoms with Crippen LogP contribution in [0.25, 0.3) is 10.9 Å². The van der Waals surface area contributed by atoms with Crippen molar-refractivity contribution in [1.29, 1.82) is 0 Å². The molecule has 4 nitrogen and oxygen atoms in total. The maximum Gasteiger partial charge on any atom is 0.155 e. The van der Waals surface area contributed by atoms with Crippen LogP contribution in [-0.4, -0.2) is 9.53 Å². The molecule has 1 aromatic carbocycles. The Morgan fingerprint density at radius 1 is 1.25 bits per heavy atom. The molecule has 3 aromatic rings. The number of nitrogens with zero attached hydrogens (tertiary/aromatic N) is 2. The van der Waals surface area contributed by atoms with E-state index in [0.29, 0.717) is 6.54 Å². The van der Waals surface area contributed by atoms with Crippen LogP contribution in [0.2, 0.25) is 0 Å². The highest BCUT2D eigenvalue weighted by molar-refractivity contribution is 7.11. The molecule has 5 heteroatoms. The van der Waals surface area contributed by atoms with Gasteiger partial charge in [-0.25, -0.2) is 0 Å². The highest BCUT2D eigenvalue weighted by Gasteiger charge is 2.05. The molecule has 0 saturated carbocycles. The van der Waals surface area contributed by atoms with Gasteiger partial charge in [0.15, 0.2) is 5.76 Å². The molecule has 2 heterocycles. The lowest BCUT2D eigenvalue weighted by atomic mass is 10.2. The van der Waals surface area contributed by atoms with Crippen LogP contribution in [0.5, 0.6) is 0 Å². The number of aromatic nitrogens is 2. The maximum absolute atomic E-state index is 5.02.